The van der Waals surface area contributed by atoms with E-state index in [2.05, 4.69) is 0 Å². The van der Waals surface area contributed by atoms with Gasteiger partial charge in [0.05, 0.1) is 6.04 Å². The SMILES string of the molecule is CC(N)c1cc(F)ccc1N(C)C(C)c1ccccc1F. The lowest BCUT2D eigenvalue weighted by atomic mass is 10.0. The molecule has 0 aliphatic carbocycles. The number of hydrogen-bond donors (Lipinski definition) is 1. The summed E-state index contributed by atoms with van der Waals surface area (Å²) in [6, 6.07) is 10.7. The first-order valence-electron chi connectivity index (χ1n) is 6.94. The maximum Gasteiger partial charge on any atom is 0.128 e. The summed E-state index contributed by atoms with van der Waals surface area (Å²) in [4.78, 5) is 1.91. The van der Waals surface area contributed by atoms with Crippen LogP contribution in [-0.4, -0.2) is 7.05 Å². The van der Waals surface area contributed by atoms with Crippen LogP contribution in [0.25, 0.3) is 0 Å². The minimum Gasteiger partial charge on any atom is -0.367 e. The van der Waals surface area contributed by atoms with Gasteiger partial charge in [0.15, 0.2) is 0 Å². The zero-order valence-electron chi connectivity index (χ0n) is 12.5. The average molecular weight is 290 g/mol. The Morgan fingerprint density at radius 2 is 1.67 bits per heavy atom. The number of anilines is 1. The van der Waals surface area contributed by atoms with E-state index in [4.69, 9.17) is 5.73 Å². The Labute approximate surface area is 124 Å². The number of benzene rings is 2. The van der Waals surface area contributed by atoms with Crippen LogP contribution in [0.1, 0.15) is 37.1 Å². The van der Waals surface area contributed by atoms with Crippen LogP contribution in [0.4, 0.5) is 14.5 Å². The van der Waals surface area contributed by atoms with E-state index < -0.39 is 0 Å². The number of rotatable bonds is 4. The summed E-state index contributed by atoms with van der Waals surface area (Å²) in [6.45, 7) is 3.71. The molecule has 0 heterocycles. The molecule has 112 valence electrons. The van der Waals surface area contributed by atoms with E-state index in [0.29, 0.717) is 11.1 Å². The van der Waals surface area contributed by atoms with Gasteiger partial charge in [-0.15, -0.1) is 0 Å². The summed E-state index contributed by atoms with van der Waals surface area (Å²) in [5.74, 6) is -0.570. The van der Waals surface area contributed by atoms with Crippen molar-refractivity contribution in [1.82, 2.24) is 0 Å². The van der Waals surface area contributed by atoms with Gasteiger partial charge in [0, 0.05) is 24.3 Å². The molecule has 2 unspecified atom stereocenters. The third kappa shape index (κ3) is 3.22. The maximum atomic E-state index is 13.9. The Balaban J connectivity index is 2.40. The molecule has 2 aromatic carbocycles. The Morgan fingerprint density at radius 1 is 1.00 bits per heavy atom. The Morgan fingerprint density at radius 3 is 2.29 bits per heavy atom. The molecule has 2 aromatic rings. The largest absolute Gasteiger partial charge is 0.367 e. The molecular formula is C17H20F2N2. The highest BCUT2D eigenvalue weighted by atomic mass is 19.1. The second kappa shape index (κ2) is 6.22. The van der Waals surface area contributed by atoms with Gasteiger partial charge in [-0.3, -0.25) is 0 Å². The fourth-order valence-electron chi connectivity index (χ4n) is 2.44. The number of halogens is 2. The van der Waals surface area contributed by atoms with Gasteiger partial charge in [-0.2, -0.15) is 0 Å². The highest BCUT2D eigenvalue weighted by Crippen LogP contribution is 2.32. The van der Waals surface area contributed by atoms with Gasteiger partial charge < -0.3 is 10.6 Å². The summed E-state index contributed by atoms with van der Waals surface area (Å²) in [5.41, 5.74) is 8.04. The van der Waals surface area contributed by atoms with Gasteiger partial charge in [0.25, 0.3) is 0 Å². The standard InChI is InChI=1S/C17H20F2N2/c1-11(20)15-10-13(18)8-9-17(15)21(3)12(2)14-6-4-5-7-16(14)19/h4-12H,20H2,1-3H3. The molecule has 2 rings (SSSR count). The topological polar surface area (TPSA) is 29.3 Å². The predicted octanol–water partition coefficient (Wildman–Crippen LogP) is 4.18. The summed E-state index contributed by atoms with van der Waals surface area (Å²) in [5, 5.41) is 0. The molecule has 0 aromatic heterocycles. The molecule has 0 saturated carbocycles. The van der Waals surface area contributed by atoms with Crippen LogP contribution in [0, 0.1) is 11.6 Å². The second-order valence-corrected chi connectivity index (χ2v) is 5.30. The van der Waals surface area contributed by atoms with E-state index in [1.807, 2.05) is 18.9 Å². The lowest BCUT2D eigenvalue weighted by Crippen LogP contribution is -2.25. The van der Waals surface area contributed by atoms with Crippen molar-refractivity contribution in [3.8, 4) is 0 Å². The Hall–Kier alpha value is -1.94. The van der Waals surface area contributed by atoms with E-state index in [-0.39, 0.29) is 23.7 Å². The zero-order valence-corrected chi connectivity index (χ0v) is 12.5. The predicted molar refractivity (Wildman–Crippen MR) is 82.2 cm³/mol. The van der Waals surface area contributed by atoms with Gasteiger partial charge in [-0.1, -0.05) is 18.2 Å². The van der Waals surface area contributed by atoms with Crippen molar-refractivity contribution < 1.29 is 8.78 Å². The third-order valence-electron chi connectivity index (χ3n) is 3.80. The van der Waals surface area contributed by atoms with E-state index >= 15 is 0 Å². The quantitative estimate of drug-likeness (QED) is 0.915. The van der Waals surface area contributed by atoms with Crippen molar-refractivity contribution in [3.63, 3.8) is 0 Å². The lowest BCUT2D eigenvalue weighted by molar-refractivity contribution is 0.583. The highest BCUT2D eigenvalue weighted by molar-refractivity contribution is 5.56. The van der Waals surface area contributed by atoms with Gasteiger partial charge in [-0.05, 0) is 43.7 Å². The van der Waals surface area contributed by atoms with Crippen molar-refractivity contribution >= 4 is 5.69 Å². The van der Waals surface area contributed by atoms with Crippen molar-refractivity contribution in [2.45, 2.75) is 25.9 Å². The minimum absolute atomic E-state index is 0.186. The molecule has 0 fully saturated rings. The first-order chi connectivity index (χ1) is 9.91. The molecule has 0 spiro atoms. The molecule has 2 nitrogen and oxygen atoms in total. The molecule has 0 bridgehead atoms. The van der Waals surface area contributed by atoms with Gasteiger partial charge in [0.1, 0.15) is 11.6 Å². The fourth-order valence-corrected chi connectivity index (χ4v) is 2.44. The molecule has 0 aliphatic heterocycles. The maximum absolute atomic E-state index is 13.9. The van der Waals surface area contributed by atoms with E-state index in [1.165, 1.54) is 18.2 Å². The van der Waals surface area contributed by atoms with Crippen LogP contribution < -0.4 is 10.6 Å². The molecule has 0 saturated heterocycles. The van der Waals surface area contributed by atoms with Crippen LogP contribution in [0.3, 0.4) is 0 Å². The van der Waals surface area contributed by atoms with Crippen molar-refractivity contribution in [2.24, 2.45) is 5.73 Å². The summed E-state index contributed by atoms with van der Waals surface area (Å²) < 4.78 is 27.4. The van der Waals surface area contributed by atoms with Crippen molar-refractivity contribution in [2.75, 3.05) is 11.9 Å². The molecule has 2 N–H and O–H groups in total. The van der Waals surface area contributed by atoms with Crippen LogP contribution in [0.2, 0.25) is 0 Å². The smallest absolute Gasteiger partial charge is 0.128 e. The van der Waals surface area contributed by atoms with Gasteiger partial charge >= 0.3 is 0 Å². The van der Waals surface area contributed by atoms with Gasteiger partial charge in [-0.25, -0.2) is 8.78 Å². The average Bonchev–Trinajstić information content (AvgIpc) is 2.46. The van der Waals surface area contributed by atoms with Crippen molar-refractivity contribution in [1.29, 1.82) is 0 Å². The van der Waals surface area contributed by atoms with Crippen LogP contribution in [-0.2, 0) is 0 Å². The molecular weight excluding hydrogens is 270 g/mol. The number of nitrogens with zero attached hydrogens (tertiary/aromatic N) is 1. The van der Waals surface area contributed by atoms with E-state index in [9.17, 15) is 8.78 Å². The molecule has 0 aliphatic rings. The Bertz CT molecular complexity index is 626. The second-order valence-electron chi connectivity index (χ2n) is 5.30. The third-order valence-corrected chi connectivity index (χ3v) is 3.80. The summed E-state index contributed by atoms with van der Waals surface area (Å²) >= 11 is 0. The molecule has 0 radical (unpaired) electrons. The first-order valence-corrected chi connectivity index (χ1v) is 6.94. The normalized spacial score (nSPS) is 13.8. The zero-order chi connectivity index (χ0) is 15.6. The summed E-state index contributed by atoms with van der Waals surface area (Å²) in [6.07, 6.45) is 0. The van der Waals surface area contributed by atoms with E-state index in [0.717, 1.165) is 5.69 Å². The van der Waals surface area contributed by atoms with Crippen LogP contribution in [0.5, 0.6) is 0 Å². The number of hydrogen-bond acceptors (Lipinski definition) is 2. The minimum atomic E-state index is -0.321. The van der Waals surface area contributed by atoms with Crippen molar-refractivity contribution in [3.05, 3.63) is 65.2 Å². The van der Waals surface area contributed by atoms with E-state index in [1.54, 1.807) is 31.2 Å². The molecule has 21 heavy (non-hydrogen) atoms. The molecule has 2 atom stereocenters. The number of nitrogens with two attached hydrogens (primary N) is 1. The molecule has 4 heteroatoms. The van der Waals surface area contributed by atoms with Gasteiger partial charge in [0.2, 0.25) is 0 Å². The summed E-state index contributed by atoms with van der Waals surface area (Å²) in [7, 11) is 1.86. The molecule has 0 amide bonds. The highest BCUT2D eigenvalue weighted by Gasteiger charge is 2.19. The van der Waals surface area contributed by atoms with Crippen LogP contribution >= 0.6 is 0 Å². The Kier molecular flexibility index (Phi) is 4.58. The fraction of sp³-hybridized carbons (Fsp3) is 0.294. The monoisotopic (exact) mass is 290 g/mol. The first kappa shape index (κ1) is 15.4. The lowest BCUT2D eigenvalue weighted by Gasteiger charge is -2.30. The van der Waals surface area contributed by atoms with Crippen LogP contribution in [0.15, 0.2) is 42.5 Å².